The van der Waals surface area contributed by atoms with E-state index in [-0.39, 0.29) is 6.61 Å². The number of aliphatic hydroxyl groups is 1. The van der Waals surface area contributed by atoms with Gasteiger partial charge in [-0.05, 0) is 19.4 Å². The highest BCUT2D eigenvalue weighted by Crippen LogP contribution is 1.97. The largest absolute Gasteiger partial charge is 0.396 e. The van der Waals surface area contributed by atoms with E-state index in [0.29, 0.717) is 26.1 Å². The molecule has 0 aliphatic carbocycles. The molecular weight excluding hydrogens is 244 g/mol. The molecule has 0 aliphatic heterocycles. The summed E-state index contributed by atoms with van der Waals surface area (Å²) in [6.07, 6.45) is 4.33. The molecule has 0 bridgehead atoms. The zero-order chi connectivity index (χ0) is 13.5. The number of aromatic nitrogens is 5. The van der Waals surface area contributed by atoms with Crippen molar-refractivity contribution in [3.05, 3.63) is 35.7 Å². The van der Waals surface area contributed by atoms with Crippen LogP contribution in [0, 0.1) is 6.92 Å². The van der Waals surface area contributed by atoms with Gasteiger partial charge in [0.1, 0.15) is 5.82 Å². The van der Waals surface area contributed by atoms with Crippen LogP contribution < -0.4 is 5.32 Å². The Bertz CT molecular complexity index is 512. The van der Waals surface area contributed by atoms with Crippen molar-refractivity contribution in [2.24, 2.45) is 0 Å². The van der Waals surface area contributed by atoms with Gasteiger partial charge in [0.15, 0.2) is 0 Å². The Labute approximate surface area is 111 Å². The first-order chi connectivity index (χ1) is 9.28. The lowest BCUT2D eigenvalue weighted by Gasteiger charge is -2.02. The van der Waals surface area contributed by atoms with Crippen LogP contribution in [0.1, 0.15) is 23.6 Å². The van der Waals surface area contributed by atoms with E-state index in [1.165, 1.54) is 0 Å². The molecule has 0 unspecified atom stereocenters. The minimum Gasteiger partial charge on any atom is -0.396 e. The van der Waals surface area contributed by atoms with Gasteiger partial charge in [-0.15, -0.1) is 5.10 Å². The maximum Gasteiger partial charge on any atom is 0.125 e. The topological polar surface area (TPSA) is 88.8 Å². The summed E-state index contributed by atoms with van der Waals surface area (Å²) in [5.41, 5.74) is 1.84. The van der Waals surface area contributed by atoms with Crippen LogP contribution in [0.3, 0.4) is 0 Å². The zero-order valence-corrected chi connectivity index (χ0v) is 11.0. The van der Waals surface area contributed by atoms with Crippen molar-refractivity contribution in [2.45, 2.75) is 33.0 Å². The minimum absolute atomic E-state index is 0.167. The second-order valence-electron chi connectivity index (χ2n) is 4.25. The zero-order valence-electron chi connectivity index (χ0n) is 11.0. The van der Waals surface area contributed by atoms with Crippen LogP contribution in [0.2, 0.25) is 0 Å². The van der Waals surface area contributed by atoms with Gasteiger partial charge in [0.25, 0.3) is 0 Å². The van der Waals surface area contributed by atoms with Crippen LogP contribution in [0.4, 0.5) is 0 Å². The van der Waals surface area contributed by atoms with Crippen LogP contribution in [0.25, 0.3) is 0 Å². The van der Waals surface area contributed by atoms with E-state index < -0.39 is 0 Å². The molecule has 0 spiro atoms. The summed E-state index contributed by atoms with van der Waals surface area (Å²) >= 11 is 0. The Morgan fingerprint density at radius 2 is 2.16 bits per heavy atom. The Balaban J connectivity index is 1.77. The fourth-order valence-corrected chi connectivity index (χ4v) is 1.68. The molecule has 0 saturated heterocycles. The Morgan fingerprint density at radius 3 is 2.95 bits per heavy atom. The maximum atomic E-state index is 8.74. The summed E-state index contributed by atoms with van der Waals surface area (Å²) in [5.74, 6) is 0.772. The van der Waals surface area contributed by atoms with Gasteiger partial charge in [0.2, 0.25) is 0 Å². The average molecular weight is 262 g/mol. The molecule has 7 nitrogen and oxygen atoms in total. The van der Waals surface area contributed by atoms with Crippen molar-refractivity contribution in [3.63, 3.8) is 0 Å². The molecule has 19 heavy (non-hydrogen) atoms. The highest BCUT2D eigenvalue weighted by atomic mass is 16.3. The third-order valence-electron chi connectivity index (χ3n) is 2.58. The second-order valence-corrected chi connectivity index (χ2v) is 4.25. The number of aryl methyl sites for hydroxylation is 2. The number of rotatable bonds is 7. The first kappa shape index (κ1) is 13.6. The normalized spacial score (nSPS) is 10.8. The van der Waals surface area contributed by atoms with Crippen molar-refractivity contribution in [3.8, 4) is 0 Å². The van der Waals surface area contributed by atoms with E-state index in [1.54, 1.807) is 10.9 Å². The quantitative estimate of drug-likeness (QED) is 0.733. The third-order valence-corrected chi connectivity index (χ3v) is 2.58. The molecule has 102 valence electrons. The summed E-state index contributed by atoms with van der Waals surface area (Å²) in [4.78, 5) is 8.36. The maximum absolute atomic E-state index is 8.74. The summed E-state index contributed by atoms with van der Waals surface area (Å²) < 4.78 is 1.74. The molecule has 0 fully saturated rings. The van der Waals surface area contributed by atoms with Crippen molar-refractivity contribution in [1.29, 1.82) is 0 Å². The van der Waals surface area contributed by atoms with Gasteiger partial charge in [-0.1, -0.05) is 5.21 Å². The van der Waals surface area contributed by atoms with Gasteiger partial charge in [-0.2, -0.15) is 0 Å². The highest BCUT2D eigenvalue weighted by Gasteiger charge is 2.01. The predicted octanol–water partition coefficient (Wildman–Crippen LogP) is 0.0487. The lowest BCUT2D eigenvalue weighted by atomic mass is 10.3. The van der Waals surface area contributed by atoms with E-state index in [9.17, 15) is 0 Å². The summed E-state index contributed by atoms with van der Waals surface area (Å²) in [7, 11) is 0. The minimum atomic E-state index is 0.167. The van der Waals surface area contributed by atoms with Gasteiger partial charge in [0, 0.05) is 38.6 Å². The molecule has 0 aromatic carbocycles. The van der Waals surface area contributed by atoms with Gasteiger partial charge in [-0.25, -0.2) is 9.97 Å². The van der Waals surface area contributed by atoms with Crippen molar-refractivity contribution >= 4 is 0 Å². The average Bonchev–Trinajstić information content (AvgIpc) is 2.84. The molecule has 0 radical (unpaired) electrons. The summed E-state index contributed by atoms with van der Waals surface area (Å²) in [5, 5.41) is 20.0. The Morgan fingerprint density at radius 1 is 1.32 bits per heavy atom. The van der Waals surface area contributed by atoms with E-state index in [0.717, 1.165) is 17.2 Å². The van der Waals surface area contributed by atoms with Crippen LogP contribution >= 0.6 is 0 Å². The molecule has 2 N–H and O–H groups in total. The lowest BCUT2D eigenvalue weighted by Crippen LogP contribution is -2.14. The molecule has 0 aliphatic rings. The monoisotopic (exact) mass is 262 g/mol. The Kier molecular flexibility index (Phi) is 4.93. The number of hydrogen-bond donors (Lipinski definition) is 2. The van der Waals surface area contributed by atoms with Gasteiger partial charge >= 0.3 is 0 Å². The van der Waals surface area contributed by atoms with E-state index >= 15 is 0 Å². The van der Waals surface area contributed by atoms with Crippen LogP contribution in [0.15, 0.2) is 18.5 Å². The molecule has 2 rings (SSSR count). The molecule has 2 heterocycles. The third kappa shape index (κ3) is 4.38. The van der Waals surface area contributed by atoms with E-state index in [1.807, 2.05) is 19.2 Å². The van der Waals surface area contributed by atoms with Gasteiger partial charge in [0.05, 0.1) is 11.4 Å². The van der Waals surface area contributed by atoms with Crippen molar-refractivity contribution in [1.82, 2.24) is 30.3 Å². The first-order valence-corrected chi connectivity index (χ1v) is 6.27. The highest BCUT2D eigenvalue weighted by molar-refractivity contribution is 5.01. The fourth-order valence-electron chi connectivity index (χ4n) is 1.68. The van der Waals surface area contributed by atoms with Crippen LogP contribution in [0.5, 0.6) is 0 Å². The SMILES string of the molecule is Cc1nccc(CNCc2cn(CCCO)nn2)n1. The standard InChI is InChI=1S/C12H18N6O/c1-10-14-4-3-11(15-10)7-13-8-12-9-18(17-16-12)5-2-6-19/h3-4,9,13,19H,2,5-8H2,1H3. The first-order valence-electron chi connectivity index (χ1n) is 6.27. The number of aliphatic hydroxyl groups excluding tert-OH is 1. The summed E-state index contributed by atoms with van der Waals surface area (Å²) in [6.45, 7) is 4.04. The summed E-state index contributed by atoms with van der Waals surface area (Å²) in [6, 6.07) is 1.89. The van der Waals surface area contributed by atoms with Crippen LogP contribution in [-0.4, -0.2) is 36.7 Å². The number of nitrogens with zero attached hydrogens (tertiary/aromatic N) is 5. The fraction of sp³-hybridized carbons (Fsp3) is 0.500. The Hall–Kier alpha value is -1.86. The number of hydrogen-bond acceptors (Lipinski definition) is 6. The predicted molar refractivity (Wildman–Crippen MR) is 69.0 cm³/mol. The smallest absolute Gasteiger partial charge is 0.125 e. The number of nitrogens with one attached hydrogen (secondary N) is 1. The molecule has 2 aromatic heterocycles. The molecule has 0 atom stereocenters. The molecule has 0 amide bonds. The van der Waals surface area contributed by atoms with Crippen LogP contribution in [-0.2, 0) is 19.6 Å². The molecule has 0 saturated carbocycles. The van der Waals surface area contributed by atoms with E-state index in [4.69, 9.17) is 5.11 Å². The van der Waals surface area contributed by atoms with Crippen molar-refractivity contribution in [2.75, 3.05) is 6.61 Å². The molecular formula is C12H18N6O. The molecule has 7 heteroatoms. The lowest BCUT2D eigenvalue weighted by molar-refractivity contribution is 0.276. The van der Waals surface area contributed by atoms with E-state index in [2.05, 4.69) is 25.6 Å². The van der Waals surface area contributed by atoms with Gasteiger partial charge < -0.3 is 10.4 Å². The van der Waals surface area contributed by atoms with Crippen molar-refractivity contribution < 1.29 is 5.11 Å². The van der Waals surface area contributed by atoms with Gasteiger partial charge in [-0.3, -0.25) is 4.68 Å². The second kappa shape index (κ2) is 6.91. The molecule has 2 aromatic rings.